The van der Waals surface area contributed by atoms with Gasteiger partial charge in [-0.05, 0) is 28.9 Å². The van der Waals surface area contributed by atoms with Gasteiger partial charge in [0, 0.05) is 0 Å². The lowest BCUT2D eigenvalue weighted by molar-refractivity contribution is 0.102. The number of amides is 1. The first kappa shape index (κ1) is 12.0. The number of carbonyl (C=O) groups is 1. The summed E-state index contributed by atoms with van der Waals surface area (Å²) in [6.07, 6.45) is 3.15. The second-order valence-electron chi connectivity index (χ2n) is 3.33. The minimum Gasteiger partial charge on any atom is -0.397 e. The Morgan fingerprint density at radius 1 is 1.47 bits per heavy atom. The van der Waals surface area contributed by atoms with Crippen molar-refractivity contribution in [2.24, 2.45) is 0 Å². The maximum Gasteiger partial charge on any atom is 0.259 e. The van der Waals surface area contributed by atoms with E-state index in [-0.39, 0.29) is 5.91 Å². The fraction of sp³-hybridized carbons (Fsp3) is 0.100. The fourth-order valence-corrected chi connectivity index (χ4v) is 2.36. The Labute approximate surface area is 110 Å². The third-order valence-electron chi connectivity index (χ3n) is 2.05. The molecule has 1 amide bonds. The molecule has 2 aromatic rings. The van der Waals surface area contributed by atoms with Crippen molar-refractivity contribution in [1.82, 2.24) is 9.97 Å². The Morgan fingerprint density at radius 3 is 2.88 bits per heavy atom. The van der Waals surface area contributed by atoms with Crippen LogP contribution in [-0.4, -0.2) is 15.9 Å². The third kappa shape index (κ3) is 2.80. The van der Waals surface area contributed by atoms with Gasteiger partial charge in [-0.2, -0.15) is 0 Å². The number of nitrogen functional groups attached to an aromatic ring is 1. The zero-order chi connectivity index (χ0) is 12.4. The van der Waals surface area contributed by atoms with Crippen LogP contribution in [0.2, 0.25) is 0 Å². The number of thiazole rings is 1. The highest BCUT2D eigenvalue weighted by molar-refractivity contribution is 9.11. The smallest absolute Gasteiger partial charge is 0.259 e. The average Bonchev–Trinajstić information content (AvgIpc) is 2.67. The molecule has 88 valence electrons. The molecule has 0 bridgehead atoms. The van der Waals surface area contributed by atoms with Gasteiger partial charge in [0.2, 0.25) is 0 Å². The van der Waals surface area contributed by atoms with Crippen LogP contribution in [0.4, 0.5) is 10.8 Å². The molecule has 2 aromatic heterocycles. The molecule has 17 heavy (non-hydrogen) atoms. The van der Waals surface area contributed by atoms with Crippen molar-refractivity contribution in [3.05, 3.63) is 33.5 Å². The van der Waals surface area contributed by atoms with Crippen LogP contribution in [-0.2, 0) is 0 Å². The number of nitrogens with two attached hydrogens (primary N) is 1. The molecule has 0 unspecified atom stereocenters. The average molecular weight is 313 g/mol. The quantitative estimate of drug-likeness (QED) is 0.892. The molecule has 0 aliphatic carbocycles. The number of halogens is 1. The SMILES string of the molecule is Cc1ncc(N)cc1C(=O)Nc1ncc(Br)s1. The molecule has 0 atom stereocenters. The summed E-state index contributed by atoms with van der Waals surface area (Å²) in [5, 5.41) is 3.22. The van der Waals surface area contributed by atoms with Gasteiger partial charge in [0.25, 0.3) is 5.91 Å². The van der Waals surface area contributed by atoms with Crippen LogP contribution in [0.25, 0.3) is 0 Å². The number of aromatic nitrogens is 2. The van der Waals surface area contributed by atoms with Gasteiger partial charge in [0.1, 0.15) is 0 Å². The summed E-state index contributed by atoms with van der Waals surface area (Å²) < 4.78 is 0.857. The number of rotatable bonds is 2. The van der Waals surface area contributed by atoms with E-state index in [0.29, 0.717) is 22.1 Å². The number of hydrogen-bond donors (Lipinski definition) is 2. The van der Waals surface area contributed by atoms with Gasteiger partial charge in [0.15, 0.2) is 5.13 Å². The van der Waals surface area contributed by atoms with Gasteiger partial charge in [-0.3, -0.25) is 15.1 Å². The van der Waals surface area contributed by atoms with Gasteiger partial charge >= 0.3 is 0 Å². The number of pyridine rings is 1. The zero-order valence-electron chi connectivity index (χ0n) is 8.90. The van der Waals surface area contributed by atoms with Crippen molar-refractivity contribution < 1.29 is 4.79 Å². The molecule has 0 saturated heterocycles. The van der Waals surface area contributed by atoms with Crippen LogP contribution < -0.4 is 11.1 Å². The number of nitrogens with zero attached hydrogens (tertiary/aromatic N) is 2. The Kier molecular flexibility index (Phi) is 3.39. The van der Waals surface area contributed by atoms with E-state index >= 15 is 0 Å². The molecule has 0 radical (unpaired) electrons. The van der Waals surface area contributed by atoms with Crippen LogP contribution in [0.3, 0.4) is 0 Å². The summed E-state index contributed by atoms with van der Waals surface area (Å²) in [5.74, 6) is -0.260. The van der Waals surface area contributed by atoms with Crippen LogP contribution in [0, 0.1) is 6.92 Å². The van der Waals surface area contributed by atoms with E-state index in [2.05, 4.69) is 31.2 Å². The second-order valence-corrected chi connectivity index (χ2v) is 5.74. The van der Waals surface area contributed by atoms with E-state index in [1.807, 2.05) is 0 Å². The summed E-state index contributed by atoms with van der Waals surface area (Å²) in [7, 11) is 0. The van der Waals surface area contributed by atoms with Crippen molar-refractivity contribution in [3.8, 4) is 0 Å². The first-order valence-corrected chi connectivity index (χ1v) is 6.32. The highest BCUT2D eigenvalue weighted by Crippen LogP contribution is 2.23. The molecule has 7 heteroatoms. The van der Waals surface area contributed by atoms with Crippen molar-refractivity contribution >= 4 is 44.0 Å². The lowest BCUT2D eigenvalue weighted by Crippen LogP contribution is -2.14. The first-order valence-electron chi connectivity index (χ1n) is 4.71. The van der Waals surface area contributed by atoms with Crippen LogP contribution in [0.15, 0.2) is 22.2 Å². The van der Waals surface area contributed by atoms with Crippen LogP contribution in [0.5, 0.6) is 0 Å². The molecular formula is C10H9BrN4OS. The summed E-state index contributed by atoms with van der Waals surface area (Å²) >= 11 is 4.62. The molecule has 0 spiro atoms. The molecule has 2 heterocycles. The van der Waals surface area contributed by atoms with Crippen molar-refractivity contribution in [1.29, 1.82) is 0 Å². The summed E-state index contributed by atoms with van der Waals surface area (Å²) in [6, 6.07) is 1.60. The Hall–Kier alpha value is -1.47. The molecule has 0 fully saturated rings. The number of aryl methyl sites for hydroxylation is 1. The number of nitrogens with one attached hydrogen (secondary N) is 1. The second kappa shape index (κ2) is 4.80. The van der Waals surface area contributed by atoms with Crippen LogP contribution >= 0.6 is 27.3 Å². The molecule has 0 aromatic carbocycles. The Morgan fingerprint density at radius 2 is 2.24 bits per heavy atom. The summed E-state index contributed by atoms with van der Waals surface area (Å²) in [4.78, 5) is 20.0. The van der Waals surface area contributed by atoms with Gasteiger partial charge in [-0.25, -0.2) is 4.98 Å². The Balaban J connectivity index is 2.22. The number of hydrogen-bond acceptors (Lipinski definition) is 5. The van der Waals surface area contributed by atoms with Gasteiger partial charge in [-0.15, -0.1) is 0 Å². The molecule has 0 saturated carbocycles. The van der Waals surface area contributed by atoms with Gasteiger partial charge in [0.05, 0.1) is 33.1 Å². The summed E-state index contributed by atoms with van der Waals surface area (Å²) in [5.41, 5.74) is 7.15. The van der Waals surface area contributed by atoms with E-state index in [9.17, 15) is 4.79 Å². The van der Waals surface area contributed by atoms with E-state index in [1.165, 1.54) is 17.5 Å². The monoisotopic (exact) mass is 312 g/mol. The maximum absolute atomic E-state index is 11.9. The van der Waals surface area contributed by atoms with Crippen molar-refractivity contribution in [3.63, 3.8) is 0 Å². The third-order valence-corrected chi connectivity index (χ3v) is 3.44. The van der Waals surface area contributed by atoms with E-state index in [0.717, 1.165) is 3.79 Å². The number of carbonyl (C=O) groups excluding carboxylic acids is 1. The molecule has 5 nitrogen and oxygen atoms in total. The lowest BCUT2D eigenvalue weighted by atomic mass is 10.2. The molecule has 3 N–H and O–H groups in total. The Bertz CT molecular complexity index is 569. The van der Waals surface area contributed by atoms with Gasteiger partial charge < -0.3 is 5.73 Å². The van der Waals surface area contributed by atoms with E-state index in [4.69, 9.17) is 5.73 Å². The number of anilines is 2. The molecule has 0 aliphatic rings. The topological polar surface area (TPSA) is 80.9 Å². The predicted octanol–water partition coefficient (Wildman–Crippen LogP) is 2.44. The van der Waals surface area contributed by atoms with E-state index in [1.54, 1.807) is 19.2 Å². The fourth-order valence-electron chi connectivity index (χ4n) is 1.26. The van der Waals surface area contributed by atoms with Gasteiger partial charge in [-0.1, -0.05) is 11.3 Å². The van der Waals surface area contributed by atoms with Crippen molar-refractivity contribution in [2.75, 3.05) is 11.1 Å². The maximum atomic E-state index is 11.9. The highest BCUT2D eigenvalue weighted by atomic mass is 79.9. The zero-order valence-corrected chi connectivity index (χ0v) is 11.3. The lowest BCUT2D eigenvalue weighted by Gasteiger charge is -2.05. The van der Waals surface area contributed by atoms with E-state index < -0.39 is 0 Å². The molecule has 0 aliphatic heterocycles. The predicted molar refractivity (Wildman–Crippen MR) is 71.2 cm³/mol. The summed E-state index contributed by atoms with van der Waals surface area (Å²) in [6.45, 7) is 1.76. The highest BCUT2D eigenvalue weighted by Gasteiger charge is 2.12. The first-order chi connectivity index (χ1) is 8.06. The molecule has 2 rings (SSSR count). The molecular weight excluding hydrogens is 304 g/mol. The van der Waals surface area contributed by atoms with Crippen molar-refractivity contribution in [2.45, 2.75) is 6.92 Å². The minimum absolute atomic E-state index is 0.260. The van der Waals surface area contributed by atoms with Crippen LogP contribution in [0.1, 0.15) is 16.1 Å². The normalized spacial score (nSPS) is 10.2. The largest absolute Gasteiger partial charge is 0.397 e. The standard InChI is InChI=1S/C10H9BrN4OS/c1-5-7(2-6(12)3-13-5)9(16)15-10-14-4-8(11)17-10/h2-4H,12H2,1H3,(H,14,15,16). The minimum atomic E-state index is -0.260.